The number of fused-ring (bicyclic) bond motifs is 1. The molecule has 4 rings (SSSR count). The van der Waals surface area contributed by atoms with Gasteiger partial charge in [0.2, 0.25) is 0 Å². The third-order valence-electron chi connectivity index (χ3n) is 5.81. The number of halogens is 1. The van der Waals surface area contributed by atoms with Crippen molar-refractivity contribution in [3.63, 3.8) is 0 Å². The Morgan fingerprint density at radius 1 is 1.11 bits per heavy atom. The number of methoxy groups -OCH3 is 1. The smallest absolute Gasteiger partial charge is 0.322 e. The van der Waals surface area contributed by atoms with Gasteiger partial charge in [-0.15, -0.1) is 0 Å². The Morgan fingerprint density at radius 2 is 1.86 bits per heavy atom. The molecule has 180 valence electrons. The maximum Gasteiger partial charge on any atom is 0.322 e. The molecule has 8 heteroatoms. The van der Waals surface area contributed by atoms with E-state index in [2.05, 4.69) is 5.32 Å². The molecule has 4 aromatic rings. The van der Waals surface area contributed by atoms with Crippen LogP contribution in [0.5, 0.6) is 0 Å². The molecule has 3 aromatic carbocycles. The monoisotopic (exact) mass is 474 g/mol. The zero-order valence-corrected chi connectivity index (χ0v) is 19.9. The van der Waals surface area contributed by atoms with Gasteiger partial charge in [-0.1, -0.05) is 35.9 Å². The number of ether oxygens (including phenoxy) is 1. The number of rotatable bonds is 7. The van der Waals surface area contributed by atoms with Crippen molar-refractivity contribution >= 4 is 22.6 Å². The van der Waals surface area contributed by atoms with Gasteiger partial charge in [-0.3, -0.25) is 9.36 Å². The lowest BCUT2D eigenvalue weighted by Crippen LogP contribution is -2.41. The van der Waals surface area contributed by atoms with Crippen LogP contribution in [0.15, 0.2) is 77.6 Å². The molecule has 0 saturated heterocycles. The molecule has 0 aliphatic rings. The number of benzene rings is 3. The van der Waals surface area contributed by atoms with Gasteiger partial charge in [-0.05, 0) is 56.3 Å². The fraction of sp³-hybridized carbons (Fsp3) is 0.222. The van der Waals surface area contributed by atoms with Gasteiger partial charge in [-0.25, -0.2) is 14.2 Å². The number of anilines is 1. The second kappa shape index (κ2) is 10.5. The van der Waals surface area contributed by atoms with E-state index in [1.54, 1.807) is 35.9 Å². The average Bonchev–Trinajstić information content (AvgIpc) is 2.85. The number of hydrogen-bond acceptors (Lipinski definition) is 4. The highest BCUT2D eigenvalue weighted by molar-refractivity contribution is 5.89. The summed E-state index contributed by atoms with van der Waals surface area (Å²) < 4.78 is 20.4. The molecule has 1 N–H and O–H groups in total. The maximum atomic E-state index is 13.7. The van der Waals surface area contributed by atoms with Crippen molar-refractivity contribution in [3.8, 4) is 5.69 Å². The fourth-order valence-electron chi connectivity index (χ4n) is 3.94. The summed E-state index contributed by atoms with van der Waals surface area (Å²) in [6.45, 7) is 4.28. The van der Waals surface area contributed by atoms with Crippen LogP contribution in [-0.2, 0) is 4.74 Å². The van der Waals surface area contributed by atoms with Gasteiger partial charge in [-0.2, -0.15) is 0 Å². The summed E-state index contributed by atoms with van der Waals surface area (Å²) in [4.78, 5) is 33.3. The van der Waals surface area contributed by atoms with E-state index >= 15 is 0 Å². The predicted octanol–water partition coefficient (Wildman–Crippen LogP) is 5.07. The average molecular weight is 475 g/mol. The zero-order chi connectivity index (χ0) is 24.9. The third kappa shape index (κ3) is 5.22. The molecule has 0 aliphatic heterocycles. The van der Waals surface area contributed by atoms with E-state index in [0.717, 1.165) is 5.56 Å². The Hall–Kier alpha value is -4.04. The molecule has 7 nitrogen and oxygen atoms in total. The minimum Gasteiger partial charge on any atom is -0.383 e. The van der Waals surface area contributed by atoms with Gasteiger partial charge in [0.1, 0.15) is 11.6 Å². The topological polar surface area (TPSA) is 76.5 Å². The molecule has 0 aliphatic carbocycles. The predicted molar refractivity (Wildman–Crippen MR) is 134 cm³/mol. The number of aromatic nitrogens is 2. The molecule has 0 bridgehead atoms. The maximum absolute atomic E-state index is 13.7. The van der Waals surface area contributed by atoms with Crippen LogP contribution in [0.25, 0.3) is 16.6 Å². The van der Waals surface area contributed by atoms with E-state index in [9.17, 15) is 14.0 Å². The van der Waals surface area contributed by atoms with E-state index in [1.165, 1.54) is 23.1 Å². The lowest BCUT2D eigenvalue weighted by molar-refractivity contribution is 0.137. The van der Waals surface area contributed by atoms with Gasteiger partial charge in [0.05, 0.1) is 29.2 Å². The quantitative estimate of drug-likeness (QED) is 0.406. The third-order valence-corrected chi connectivity index (χ3v) is 5.81. The molecule has 1 heterocycles. The van der Waals surface area contributed by atoms with E-state index in [4.69, 9.17) is 9.72 Å². The summed E-state index contributed by atoms with van der Waals surface area (Å²) in [5, 5.41) is 3.22. The summed E-state index contributed by atoms with van der Waals surface area (Å²) in [7, 11) is 1.55. The normalized spacial score (nSPS) is 11.9. The van der Waals surface area contributed by atoms with Gasteiger partial charge >= 0.3 is 6.03 Å². The molecule has 1 unspecified atom stereocenters. The van der Waals surface area contributed by atoms with E-state index in [-0.39, 0.29) is 18.7 Å². The van der Waals surface area contributed by atoms with E-state index in [0.29, 0.717) is 28.1 Å². The summed E-state index contributed by atoms with van der Waals surface area (Å²) in [6.07, 6.45) is 0. The lowest BCUT2D eigenvalue weighted by atomic mass is 10.1. The molecule has 0 spiro atoms. The molecule has 0 saturated carbocycles. The summed E-state index contributed by atoms with van der Waals surface area (Å²) >= 11 is 0. The fourth-order valence-corrected chi connectivity index (χ4v) is 3.94. The van der Waals surface area contributed by atoms with Gasteiger partial charge in [0, 0.05) is 19.3 Å². The lowest BCUT2D eigenvalue weighted by Gasteiger charge is -2.30. The highest BCUT2D eigenvalue weighted by Crippen LogP contribution is 2.24. The van der Waals surface area contributed by atoms with E-state index < -0.39 is 17.9 Å². The number of aryl methyl sites for hydroxylation is 1. The Labute approximate surface area is 202 Å². The molecule has 1 aromatic heterocycles. The summed E-state index contributed by atoms with van der Waals surface area (Å²) in [5.74, 6) is -0.0493. The number of urea groups is 1. The first-order valence-corrected chi connectivity index (χ1v) is 11.3. The second-order valence-corrected chi connectivity index (χ2v) is 8.27. The zero-order valence-electron chi connectivity index (χ0n) is 19.9. The van der Waals surface area contributed by atoms with Crippen LogP contribution in [-0.4, -0.2) is 40.7 Å². The molecule has 1 atom stereocenters. The number of carbonyl (C=O) groups excluding carboxylic acids is 1. The molecule has 0 fully saturated rings. The summed E-state index contributed by atoms with van der Waals surface area (Å²) in [5.41, 5.74) is 2.35. The van der Waals surface area contributed by atoms with Crippen molar-refractivity contribution in [2.45, 2.75) is 19.9 Å². The number of hydrogen-bond donors (Lipinski definition) is 1. The van der Waals surface area contributed by atoms with Crippen LogP contribution in [0.1, 0.15) is 24.4 Å². The largest absolute Gasteiger partial charge is 0.383 e. The minimum atomic E-state index is -0.614. The Morgan fingerprint density at radius 3 is 2.57 bits per heavy atom. The van der Waals surface area contributed by atoms with Crippen LogP contribution in [0.2, 0.25) is 0 Å². The number of amides is 2. The first kappa shape index (κ1) is 24.1. The van der Waals surface area contributed by atoms with Crippen LogP contribution in [0, 0.1) is 12.7 Å². The Bertz CT molecular complexity index is 1400. The minimum absolute atomic E-state index is 0.224. The second-order valence-electron chi connectivity index (χ2n) is 8.27. The highest BCUT2D eigenvalue weighted by atomic mass is 19.1. The molecule has 35 heavy (non-hydrogen) atoms. The first-order valence-electron chi connectivity index (χ1n) is 11.3. The first-order chi connectivity index (χ1) is 16.9. The van der Waals surface area contributed by atoms with Crippen LogP contribution < -0.4 is 10.9 Å². The van der Waals surface area contributed by atoms with Crippen LogP contribution in [0.4, 0.5) is 14.9 Å². The van der Waals surface area contributed by atoms with Crippen molar-refractivity contribution in [1.82, 2.24) is 14.5 Å². The van der Waals surface area contributed by atoms with Crippen LogP contribution >= 0.6 is 0 Å². The van der Waals surface area contributed by atoms with Gasteiger partial charge < -0.3 is 15.0 Å². The molecular formula is C27H27FN4O3. The summed E-state index contributed by atoms with van der Waals surface area (Å²) in [6, 6.07) is 19.3. The standard InChI is InChI=1S/C27H27FN4O3/c1-18-11-13-22(14-12-18)32-25(30-24-10-5-4-9-23(24)26(32)33)19(2)31(15-16-35-3)27(34)29-21-8-6-7-20(28)17-21/h4-14,17,19H,15-16H2,1-3H3,(H,29,34). The highest BCUT2D eigenvalue weighted by Gasteiger charge is 2.27. The Balaban J connectivity index is 1.82. The SMILES string of the molecule is COCCN(C(=O)Nc1cccc(F)c1)C(C)c1nc2ccccc2c(=O)n1-c1ccc(C)cc1. The number of carbonyl (C=O) groups is 1. The molecular weight excluding hydrogens is 447 g/mol. The number of nitrogens with zero attached hydrogens (tertiary/aromatic N) is 3. The molecule has 2 amide bonds. The number of para-hydroxylation sites is 1. The van der Waals surface area contributed by atoms with Gasteiger partial charge in [0.15, 0.2) is 0 Å². The van der Waals surface area contributed by atoms with Crippen molar-refractivity contribution in [2.24, 2.45) is 0 Å². The van der Waals surface area contributed by atoms with Crippen molar-refractivity contribution < 1.29 is 13.9 Å². The Kier molecular flexibility index (Phi) is 7.22. The van der Waals surface area contributed by atoms with E-state index in [1.807, 2.05) is 44.2 Å². The molecule has 0 radical (unpaired) electrons. The number of nitrogens with one attached hydrogen (secondary N) is 1. The van der Waals surface area contributed by atoms with Gasteiger partial charge in [0.25, 0.3) is 5.56 Å². The van der Waals surface area contributed by atoms with Crippen molar-refractivity contribution in [1.29, 1.82) is 0 Å². The van der Waals surface area contributed by atoms with Crippen molar-refractivity contribution in [2.75, 3.05) is 25.6 Å². The van der Waals surface area contributed by atoms with Crippen LogP contribution in [0.3, 0.4) is 0 Å². The van der Waals surface area contributed by atoms with Crippen molar-refractivity contribution in [3.05, 3.63) is 100 Å².